The first-order valence-electron chi connectivity index (χ1n) is 6.69. The number of hydrogen-bond donors (Lipinski definition) is 3. The lowest BCUT2D eigenvalue weighted by atomic mass is 10.2. The summed E-state index contributed by atoms with van der Waals surface area (Å²) in [5, 5.41) is 10.2. The van der Waals surface area contributed by atoms with Crippen molar-refractivity contribution in [2.45, 2.75) is 0 Å². The van der Waals surface area contributed by atoms with Crippen LogP contribution in [0.25, 0.3) is 10.1 Å². The SMILES string of the molecule is CS(=O)(=O)O.N=C(N)c1cc2ccc(OC(=O)c3cccs3)cc2s1. The van der Waals surface area contributed by atoms with Crippen molar-refractivity contribution in [2.24, 2.45) is 5.73 Å². The van der Waals surface area contributed by atoms with Gasteiger partial charge in [0.1, 0.15) is 16.5 Å². The fraction of sp³-hybridized carbons (Fsp3) is 0.0667. The lowest BCUT2D eigenvalue weighted by Gasteiger charge is -2.02. The zero-order valence-corrected chi connectivity index (χ0v) is 15.4. The van der Waals surface area contributed by atoms with E-state index >= 15 is 0 Å². The fourth-order valence-electron chi connectivity index (χ4n) is 1.76. The molecule has 2 aromatic heterocycles. The van der Waals surface area contributed by atoms with Crippen LogP contribution in [-0.4, -0.2) is 31.0 Å². The van der Waals surface area contributed by atoms with Gasteiger partial charge >= 0.3 is 5.97 Å². The Labute approximate surface area is 151 Å². The van der Waals surface area contributed by atoms with Gasteiger partial charge in [-0.1, -0.05) is 6.07 Å². The van der Waals surface area contributed by atoms with Crippen LogP contribution >= 0.6 is 22.7 Å². The Hall–Kier alpha value is -2.27. The van der Waals surface area contributed by atoms with E-state index in [4.69, 9.17) is 20.4 Å². The number of fused-ring (bicyclic) bond motifs is 1. The van der Waals surface area contributed by atoms with Gasteiger partial charge in [-0.05, 0) is 41.1 Å². The number of nitrogens with two attached hydrogens (primary N) is 1. The summed E-state index contributed by atoms with van der Waals surface area (Å²) in [7, 11) is -3.67. The van der Waals surface area contributed by atoms with Crippen molar-refractivity contribution in [1.82, 2.24) is 0 Å². The maximum absolute atomic E-state index is 11.9. The molecule has 25 heavy (non-hydrogen) atoms. The van der Waals surface area contributed by atoms with Crippen LogP contribution in [0.3, 0.4) is 0 Å². The lowest BCUT2D eigenvalue weighted by Crippen LogP contribution is -2.08. The maximum Gasteiger partial charge on any atom is 0.353 e. The van der Waals surface area contributed by atoms with Gasteiger partial charge in [-0.25, -0.2) is 4.79 Å². The summed E-state index contributed by atoms with van der Waals surface area (Å²) in [6, 6.07) is 10.8. The minimum Gasteiger partial charge on any atom is -0.422 e. The summed E-state index contributed by atoms with van der Waals surface area (Å²) in [4.78, 5) is 13.1. The molecule has 0 amide bonds. The number of rotatable bonds is 3. The maximum atomic E-state index is 11.9. The minimum atomic E-state index is -3.67. The predicted octanol–water partition coefficient (Wildman–Crippen LogP) is 2.97. The predicted molar refractivity (Wildman–Crippen MR) is 99.6 cm³/mol. The average Bonchev–Trinajstić information content (AvgIpc) is 3.14. The number of thiophene rings is 2. The molecule has 0 fully saturated rings. The van der Waals surface area contributed by atoms with Gasteiger partial charge in [0.2, 0.25) is 0 Å². The average molecular weight is 398 g/mol. The summed E-state index contributed by atoms with van der Waals surface area (Å²) in [6.45, 7) is 0. The van der Waals surface area contributed by atoms with E-state index in [0.29, 0.717) is 21.8 Å². The first-order valence-corrected chi connectivity index (χ1v) is 10.2. The summed E-state index contributed by atoms with van der Waals surface area (Å²) in [5.74, 6) is 0.180. The first-order chi connectivity index (χ1) is 11.6. The van der Waals surface area contributed by atoms with Crippen LogP contribution in [0.1, 0.15) is 14.5 Å². The number of carbonyl (C=O) groups is 1. The number of nitrogen functional groups attached to an aromatic ring is 1. The Bertz CT molecular complexity index is 999. The number of ether oxygens (including phenoxy) is 1. The van der Waals surface area contributed by atoms with E-state index in [9.17, 15) is 13.2 Å². The molecule has 7 nitrogen and oxygen atoms in total. The number of carbonyl (C=O) groups excluding carboxylic acids is 1. The van der Waals surface area contributed by atoms with Crippen molar-refractivity contribution >= 4 is 54.7 Å². The van der Waals surface area contributed by atoms with Crippen LogP contribution in [0.15, 0.2) is 41.8 Å². The second kappa shape index (κ2) is 7.74. The van der Waals surface area contributed by atoms with Crippen LogP contribution in [0, 0.1) is 5.41 Å². The third kappa shape index (κ3) is 5.94. The van der Waals surface area contributed by atoms with Gasteiger partial charge in [-0.2, -0.15) is 8.42 Å². The second-order valence-corrected chi connectivity index (χ2v) is 8.32. The molecule has 3 aromatic rings. The van der Waals surface area contributed by atoms with Crippen molar-refractivity contribution in [3.05, 3.63) is 51.5 Å². The molecular weight excluding hydrogens is 384 g/mol. The number of amidine groups is 1. The monoisotopic (exact) mass is 398 g/mol. The van der Waals surface area contributed by atoms with Gasteiger partial charge < -0.3 is 10.5 Å². The third-order valence-corrected chi connectivity index (χ3v) is 4.67. The van der Waals surface area contributed by atoms with Crippen LogP contribution < -0.4 is 10.5 Å². The largest absolute Gasteiger partial charge is 0.422 e. The molecular formula is C15H14N2O5S3. The highest BCUT2D eigenvalue weighted by molar-refractivity contribution is 7.85. The molecule has 0 aliphatic carbocycles. The summed E-state index contributed by atoms with van der Waals surface area (Å²) in [5.41, 5.74) is 5.47. The van der Waals surface area contributed by atoms with E-state index in [0.717, 1.165) is 10.1 Å². The quantitative estimate of drug-likeness (QED) is 0.204. The van der Waals surface area contributed by atoms with Crippen molar-refractivity contribution in [3.8, 4) is 5.75 Å². The molecule has 0 aliphatic rings. The second-order valence-electron chi connectivity index (χ2n) is 4.82. The Morgan fingerprint density at radius 1 is 1.24 bits per heavy atom. The molecule has 0 saturated carbocycles. The van der Waals surface area contributed by atoms with Crippen molar-refractivity contribution in [1.29, 1.82) is 5.41 Å². The minimum absolute atomic E-state index is 0.0448. The molecule has 0 unspecified atom stereocenters. The van der Waals surface area contributed by atoms with Crippen molar-refractivity contribution in [3.63, 3.8) is 0 Å². The fourth-order valence-corrected chi connectivity index (χ4v) is 3.31. The molecule has 0 aliphatic heterocycles. The van der Waals surface area contributed by atoms with Crippen LogP contribution in [0.4, 0.5) is 0 Å². The molecule has 0 bridgehead atoms. The van der Waals surface area contributed by atoms with Crippen molar-refractivity contribution in [2.75, 3.05) is 6.26 Å². The highest BCUT2D eigenvalue weighted by atomic mass is 32.2. The molecule has 10 heteroatoms. The standard InChI is InChI=1S/C14H10N2O2S2.CH4O3S/c15-13(16)12-6-8-3-4-9(7-11(8)20-12)18-14(17)10-2-1-5-19-10;1-5(2,3)4/h1-7H,(H3,15,16);1H3,(H,2,3,4). The van der Waals surface area contributed by atoms with E-state index in [1.807, 2.05) is 23.6 Å². The van der Waals surface area contributed by atoms with Gasteiger partial charge in [-0.3, -0.25) is 9.96 Å². The number of benzene rings is 1. The van der Waals surface area contributed by atoms with Gasteiger partial charge in [0.15, 0.2) is 0 Å². The van der Waals surface area contributed by atoms with E-state index in [2.05, 4.69) is 0 Å². The Balaban J connectivity index is 0.000000399. The molecule has 0 spiro atoms. The van der Waals surface area contributed by atoms with Crippen LogP contribution in [-0.2, 0) is 10.1 Å². The van der Waals surface area contributed by atoms with E-state index in [-0.39, 0.29) is 11.8 Å². The number of nitrogens with one attached hydrogen (secondary N) is 1. The summed E-state index contributed by atoms with van der Waals surface area (Å²) in [6.07, 6.45) is 0.715. The topological polar surface area (TPSA) is 131 Å². The van der Waals surface area contributed by atoms with Gasteiger partial charge in [0.25, 0.3) is 10.1 Å². The smallest absolute Gasteiger partial charge is 0.353 e. The van der Waals surface area contributed by atoms with Crippen molar-refractivity contribution < 1.29 is 22.5 Å². The highest BCUT2D eigenvalue weighted by Gasteiger charge is 2.11. The number of esters is 1. The molecule has 0 radical (unpaired) electrons. The summed E-state index contributed by atoms with van der Waals surface area (Å²) < 4.78 is 32.1. The zero-order valence-electron chi connectivity index (χ0n) is 12.9. The molecule has 1 aromatic carbocycles. The Morgan fingerprint density at radius 3 is 2.48 bits per heavy atom. The Morgan fingerprint density at radius 2 is 1.92 bits per heavy atom. The molecule has 3 rings (SSSR count). The molecule has 2 heterocycles. The first kappa shape index (κ1) is 19.1. The zero-order chi connectivity index (χ0) is 18.6. The third-order valence-electron chi connectivity index (χ3n) is 2.69. The van der Waals surface area contributed by atoms with Gasteiger partial charge in [-0.15, -0.1) is 22.7 Å². The number of hydrogen-bond acceptors (Lipinski definition) is 7. The van der Waals surface area contributed by atoms with E-state index in [1.165, 1.54) is 22.7 Å². The van der Waals surface area contributed by atoms with Crippen LogP contribution in [0.2, 0.25) is 0 Å². The van der Waals surface area contributed by atoms with Crippen LogP contribution in [0.5, 0.6) is 5.75 Å². The van der Waals surface area contributed by atoms with E-state index < -0.39 is 10.1 Å². The normalized spacial score (nSPS) is 10.8. The Kier molecular flexibility index (Phi) is 5.90. The molecule has 132 valence electrons. The van der Waals surface area contributed by atoms with Gasteiger partial charge in [0.05, 0.1) is 11.1 Å². The highest BCUT2D eigenvalue weighted by Crippen LogP contribution is 2.29. The summed E-state index contributed by atoms with van der Waals surface area (Å²) >= 11 is 2.75. The lowest BCUT2D eigenvalue weighted by molar-refractivity contribution is 0.0740. The molecule has 0 atom stereocenters. The molecule has 0 saturated heterocycles. The molecule has 4 N–H and O–H groups in total. The van der Waals surface area contributed by atoms with Gasteiger partial charge in [0, 0.05) is 4.70 Å². The van der Waals surface area contributed by atoms with E-state index in [1.54, 1.807) is 18.2 Å².